The molecule has 0 unspecified atom stereocenters. The van der Waals surface area contributed by atoms with E-state index in [4.69, 9.17) is 0 Å². The van der Waals surface area contributed by atoms with Crippen LogP contribution in [0.2, 0.25) is 0 Å². The molecular formula is C10H11BrN4O2S. The molecule has 0 fully saturated rings. The molecule has 8 heteroatoms. The molecule has 0 atom stereocenters. The summed E-state index contributed by atoms with van der Waals surface area (Å²) in [5.74, 6) is 0. The van der Waals surface area contributed by atoms with Gasteiger partial charge in [0.25, 0.3) is 5.69 Å². The molecule has 18 heavy (non-hydrogen) atoms. The van der Waals surface area contributed by atoms with Crippen LogP contribution in [0, 0.1) is 10.1 Å². The number of benzene rings is 1. The van der Waals surface area contributed by atoms with Gasteiger partial charge < -0.3 is 0 Å². The minimum absolute atomic E-state index is 0. The number of amidine groups is 1. The lowest BCUT2D eigenvalue weighted by Crippen LogP contribution is -2.36. The van der Waals surface area contributed by atoms with Crippen LogP contribution in [0.15, 0.2) is 34.7 Å². The molecule has 6 nitrogen and oxygen atoms in total. The van der Waals surface area contributed by atoms with E-state index in [1.807, 2.05) is 5.41 Å². The Hall–Kier alpha value is -1.54. The average molecular weight is 331 g/mol. The molecule has 0 spiro atoms. The number of non-ortho nitro benzene ring substituents is 1. The Morgan fingerprint density at radius 1 is 1.28 bits per heavy atom. The predicted molar refractivity (Wildman–Crippen MR) is 78.6 cm³/mol. The number of thioether (sulfide) groups is 1. The van der Waals surface area contributed by atoms with Gasteiger partial charge in [0, 0.05) is 30.2 Å². The quantitative estimate of drug-likeness (QED) is 0.642. The van der Waals surface area contributed by atoms with Gasteiger partial charge in [0.05, 0.1) is 10.6 Å². The Labute approximate surface area is 118 Å². The number of nitro benzene ring substituents is 1. The van der Waals surface area contributed by atoms with E-state index in [1.165, 1.54) is 23.9 Å². The van der Waals surface area contributed by atoms with Gasteiger partial charge in [-0.2, -0.15) is 0 Å². The Morgan fingerprint density at radius 3 is 2.39 bits per heavy atom. The van der Waals surface area contributed by atoms with Crippen molar-refractivity contribution in [3.63, 3.8) is 0 Å². The molecule has 1 aromatic carbocycles. The van der Waals surface area contributed by atoms with Gasteiger partial charge in [-0.15, -0.1) is 17.0 Å². The van der Waals surface area contributed by atoms with Gasteiger partial charge in [-0.1, -0.05) is 11.8 Å². The molecule has 1 heterocycles. The number of rotatable bonds is 2. The normalized spacial score (nSPS) is 16.1. The summed E-state index contributed by atoms with van der Waals surface area (Å²) in [7, 11) is 1.70. The molecule has 1 aliphatic heterocycles. The lowest BCUT2D eigenvalue weighted by molar-refractivity contribution is -0.384. The van der Waals surface area contributed by atoms with Crippen LogP contribution in [0.5, 0.6) is 0 Å². The fraction of sp³-hybridized carbons (Fsp3) is 0.100. The van der Waals surface area contributed by atoms with Crippen molar-refractivity contribution in [1.82, 2.24) is 10.9 Å². The lowest BCUT2D eigenvalue weighted by Gasteiger charge is -2.18. The average Bonchev–Trinajstić information content (AvgIpc) is 2.39. The maximum absolute atomic E-state index is 10.5. The predicted octanol–water partition coefficient (Wildman–Crippen LogP) is 2.30. The fourth-order valence-electron chi connectivity index (χ4n) is 1.31. The highest BCUT2D eigenvalue weighted by Crippen LogP contribution is 2.21. The summed E-state index contributed by atoms with van der Waals surface area (Å²) in [5.41, 5.74) is 7.71. The number of halogens is 1. The van der Waals surface area contributed by atoms with Gasteiger partial charge >= 0.3 is 0 Å². The van der Waals surface area contributed by atoms with Gasteiger partial charge in [-0.3, -0.25) is 26.0 Å². The standard InChI is InChI=1S/C10H10N4O2S.BrH/c1-11-10-13-12-9(6-17-10)7-2-4-8(5-3-7)14(15)16;/h2-6,12H,1H3,(H,11,13);1H. The number of nitro groups is 1. The first-order valence-corrected chi connectivity index (χ1v) is 5.69. The molecule has 2 rings (SSSR count). The molecule has 0 radical (unpaired) electrons. The smallest absolute Gasteiger partial charge is 0.269 e. The van der Waals surface area contributed by atoms with Crippen LogP contribution >= 0.6 is 28.7 Å². The van der Waals surface area contributed by atoms with Crippen molar-refractivity contribution in [3.05, 3.63) is 45.4 Å². The highest BCUT2D eigenvalue weighted by atomic mass is 79.9. The van der Waals surface area contributed by atoms with Crippen LogP contribution in [0.25, 0.3) is 5.70 Å². The van der Waals surface area contributed by atoms with E-state index in [0.29, 0.717) is 0 Å². The van der Waals surface area contributed by atoms with Gasteiger partial charge in [-0.05, 0) is 12.1 Å². The molecule has 1 aromatic rings. The van der Waals surface area contributed by atoms with E-state index in [0.717, 1.165) is 16.4 Å². The van der Waals surface area contributed by atoms with Crippen LogP contribution < -0.4 is 10.9 Å². The number of hydrogen-bond donors (Lipinski definition) is 2. The minimum atomic E-state index is -0.415. The zero-order chi connectivity index (χ0) is 12.3. The summed E-state index contributed by atoms with van der Waals surface area (Å²) >= 11 is 1.46. The zero-order valence-electron chi connectivity index (χ0n) is 9.41. The highest BCUT2D eigenvalue weighted by molar-refractivity contribution is 8.93. The van der Waals surface area contributed by atoms with E-state index < -0.39 is 4.92 Å². The van der Waals surface area contributed by atoms with Crippen molar-refractivity contribution in [2.75, 3.05) is 7.05 Å². The topological polar surface area (TPSA) is 79.6 Å². The highest BCUT2D eigenvalue weighted by Gasteiger charge is 2.11. The van der Waals surface area contributed by atoms with Crippen molar-refractivity contribution < 1.29 is 4.92 Å². The SMILES string of the molecule is Br.CN=C1NNC(c2ccc([N+](=O)[O-])cc2)=CS1. The number of aliphatic imine (C=N–C) groups is 1. The number of hydrazine groups is 1. The molecule has 2 N–H and O–H groups in total. The maximum Gasteiger partial charge on any atom is 0.269 e. The van der Waals surface area contributed by atoms with Crippen molar-refractivity contribution >= 4 is 45.3 Å². The molecule has 0 bridgehead atoms. The summed E-state index contributed by atoms with van der Waals surface area (Å²) < 4.78 is 0. The molecule has 96 valence electrons. The van der Waals surface area contributed by atoms with Crippen LogP contribution in [0.4, 0.5) is 5.69 Å². The number of hydrogen-bond acceptors (Lipinski definition) is 5. The van der Waals surface area contributed by atoms with Gasteiger partial charge in [-0.25, -0.2) is 0 Å². The largest absolute Gasteiger partial charge is 0.298 e. The summed E-state index contributed by atoms with van der Waals surface area (Å²) in [6, 6.07) is 6.36. The number of nitrogens with one attached hydrogen (secondary N) is 2. The van der Waals surface area contributed by atoms with Crippen LogP contribution in [-0.4, -0.2) is 17.1 Å². The molecule has 0 aliphatic carbocycles. The second kappa shape index (κ2) is 6.41. The van der Waals surface area contributed by atoms with Crippen molar-refractivity contribution in [2.24, 2.45) is 4.99 Å². The van der Waals surface area contributed by atoms with Crippen LogP contribution in [0.3, 0.4) is 0 Å². The maximum atomic E-state index is 10.5. The third-order valence-electron chi connectivity index (χ3n) is 2.18. The van der Waals surface area contributed by atoms with Crippen molar-refractivity contribution in [2.45, 2.75) is 0 Å². The first-order chi connectivity index (χ1) is 8.20. The summed E-state index contributed by atoms with van der Waals surface area (Å²) in [4.78, 5) is 14.1. The van der Waals surface area contributed by atoms with Crippen LogP contribution in [-0.2, 0) is 0 Å². The molecule has 0 saturated heterocycles. The lowest BCUT2D eigenvalue weighted by atomic mass is 10.1. The van der Waals surface area contributed by atoms with E-state index in [9.17, 15) is 10.1 Å². The Kier molecular flexibility index (Phi) is 5.17. The van der Waals surface area contributed by atoms with Gasteiger partial charge in [0.15, 0.2) is 5.17 Å². The Balaban J connectivity index is 0.00000162. The first kappa shape index (κ1) is 14.5. The molecule has 0 saturated carbocycles. The minimum Gasteiger partial charge on any atom is -0.298 e. The summed E-state index contributed by atoms with van der Waals surface area (Å²) in [5, 5.41) is 13.2. The second-order valence-corrected chi connectivity index (χ2v) is 4.09. The molecule has 0 amide bonds. The van der Waals surface area contributed by atoms with E-state index >= 15 is 0 Å². The number of nitrogens with zero attached hydrogens (tertiary/aromatic N) is 2. The van der Waals surface area contributed by atoms with Crippen LogP contribution in [0.1, 0.15) is 5.56 Å². The van der Waals surface area contributed by atoms with Crippen molar-refractivity contribution in [3.8, 4) is 0 Å². The van der Waals surface area contributed by atoms with E-state index in [1.54, 1.807) is 19.2 Å². The zero-order valence-corrected chi connectivity index (χ0v) is 11.9. The van der Waals surface area contributed by atoms with Gasteiger partial charge in [0.1, 0.15) is 0 Å². The molecule has 1 aliphatic rings. The third-order valence-corrected chi connectivity index (χ3v) is 3.05. The summed E-state index contributed by atoms with van der Waals surface area (Å²) in [6.45, 7) is 0. The first-order valence-electron chi connectivity index (χ1n) is 4.81. The summed E-state index contributed by atoms with van der Waals surface area (Å²) in [6.07, 6.45) is 0. The Morgan fingerprint density at radius 2 is 1.94 bits per heavy atom. The van der Waals surface area contributed by atoms with Gasteiger partial charge in [0.2, 0.25) is 0 Å². The van der Waals surface area contributed by atoms with Crippen molar-refractivity contribution in [1.29, 1.82) is 0 Å². The second-order valence-electron chi connectivity index (χ2n) is 3.23. The third kappa shape index (κ3) is 3.23. The van der Waals surface area contributed by atoms with E-state index in [-0.39, 0.29) is 22.7 Å². The van der Waals surface area contributed by atoms with E-state index in [2.05, 4.69) is 15.8 Å². The fourth-order valence-corrected chi connectivity index (χ4v) is 1.95. The molecule has 0 aromatic heterocycles. The monoisotopic (exact) mass is 330 g/mol. The molecular weight excluding hydrogens is 320 g/mol. The Bertz CT molecular complexity index is 501.